The number of benzene rings is 3. The number of carbonyl (C=O) groups excluding carboxylic acids is 1. The van der Waals surface area contributed by atoms with Crippen molar-refractivity contribution in [2.24, 2.45) is 0 Å². The van der Waals surface area contributed by atoms with Crippen LogP contribution in [0.5, 0.6) is 23.0 Å². The molecule has 0 atom stereocenters. The van der Waals surface area contributed by atoms with E-state index in [1.807, 2.05) is 42.5 Å². The monoisotopic (exact) mass is 564 g/mol. The van der Waals surface area contributed by atoms with Crippen LogP contribution in [0.4, 0.5) is 0 Å². The summed E-state index contributed by atoms with van der Waals surface area (Å²) in [6.07, 6.45) is 2.93. The highest BCUT2D eigenvalue weighted by Gasteiger charge is 2.14. The Balaban J connectivity index is 1.36. The van der Waals surface area contributed by atoms with Crippen LogP contribution in [0.15, 0.2) is 80.6 Å². The Morgan fingerprint density at radius 3 is 2.57 bits per heavy atom. The number of carbonyl (C=O) groups is 1. The molecular weight excluding hydrogens is 536 g/mol. The Labute approximate surface area is 224 Å². The standard InChI is InChI=1S/C30H29BrO6/c1-4-20-11-14-26(24(31)16-20)34-15-7-10-29(32)36-21-12-13-23-27(17-21)35-18-28(30(23)33)37-25-9-6-5-8-22(25)19(2)3/h5-6,8-9,11-14,16-19H,4,7,10,15H2,1-3H3. The van der Waals surface area contributed by atoms with Gasteiger partial charge in [-0.05, 0) is 76.1 Å². The van der Waals surface area contributed by atoms with Crippen molar-refractivity contribution >= 4 is 32.9 Å². The lowest BCUT2D eigenvalue weighted by Crippen LogP contribution is -2.10. The molecule has 0 unspecified atom stereocenters. The maximum atomic E-state index is 13.0. The van der Waals surface area contributed by atoms with E-state index in [0.717, 1.165) is 22.2 Å². The predicted octanol–water partition coefficient (Wildman–Crippen LogP) is 7.80. The Morgan fingerprint density at radius 2 is 1.81 bits per heavy atom. The molecule has 3 aromatic carbocycles. The lowest BCUT2D eigenvalue weighted by molar-refractivity contribution is -0.134. The van der Waals surface area contributed by atoms with Gasteiger partial charge in [0.05, 0.1) is 16.5 Å². The quantitative estimate of drug-likeness (QED) is 0.111. The molecule has 4 rings (SSSR count). The minimum Gasteiger partial charge on any atom is -0.492 e. The minimum atomic E-state index is -0.393. The molecule has 4 aromatic rings. The normalized spacial score (nSPS) is 11.1. The Hall–Kier alpha value is -3.58. The molecule has 0 saturated heterocycles. The average molecular weight is 565 g/mol. The fourth-order valence-corrected chi connectivity index (χ4v) is 4.40. The summed E-state index contributed by atoms with van der Waals surface area (Å²) < 4.78 is 23.7. The first kappa shape index (κ1) is 26.5. The molecule has 0 spiro atoms. The molecule has 0 aliphatic heterocycles. The van der Waals surface area contributed by atoms with Gasteiger partial charge in [-0.3, -0.25) is 9.59 Å². The second kappa shape index (κ2) is 12.1. The van der Waals surface area contributed by atoms with E-state index in [4.69, 9.17) is 18.6 Å². The van der Waals surface area contributed by atoms with Gasteiger partial charge in [-0.1, -0.05) is 45.0 Å². The van der Waals surface area contributed by atoms with E-state index >= 15 is 0 Å². The van der Waals surface area contributed by atoms with Crippen LogP contribution in [0.1, 0.15) is 50.7 Å². The highest BCUT2D eigenvalue weighted by molar-refractivity contribution is 9.10. The van der Waals surface area contributed by atoms with Crippen LogP contribution in [0.3, 0.4) is 0 Å². The van der Waals surface area contributed by atoms with Crippen molar-refractivity contribution in [1.82, 2.24) is 0 Å². The zero-order valence-electron chi connectivity index (χ0n) is 21.1. The third-order valence-electron chi connectivity index (χ3n) is 5.89. The van der Waals surface area contributed by atoms with E-state index < -0.39 is 5.97 Å². The van der Waals surface area contributed by atoms with Gasteiger partial charge in [-0.2, -0.15) is 0 Å². The molecular formula is C30H29BrO6. The molecule has 1 heterocycles. The van der Waals surface area contributed by atoms with Gasteiger partial charge < -0.3 is 18.6 Å². The molecule has 0 aliphatic carbocycles. The average Bonchev–Trinajstić information content (AvgIpc) is 2.89. The van der Waals surface area contributed by atoms with Crippen LogP contribution >= 0.6 is 15.9 Å². The Kier molecular flexibility index (Phi) is 8.66. The van der Waals surface area contributed by atoms with Crippen molar-refractivity contribution < 1.29 is 23.4 Å². The largest absolute Gasteiger partial charge is 0.492 e. The molecule has 192 valence electrons. The summed E-state index contributed by atoms with van der Waals surface area (Å²) in [4.78, 5) is 25.3. The number of hydrogen-bond acceptors (Lipinski definition) is 6. The van der Waals surface area contributed by atoms with Gasteiger partial charge in [0, 0.05) is 12.5 Å². The van der Waals surface area contributed by atoms with Crippen molar-refractivity contribution in [2.45, 2.75) is 46.0 Å². The highest BCUT2D eigenvalue weighted by Crippen LogP contribution is 2.30. The molecule has 37 heavy (non-hydrogen) atoms. The molecule has 0 fully saturated rings. The van der Waals surface area contributed by atoms with Gasteiger partial charge in [0.2, 0.25) is 11.2 Å². The number of ether oxygens (including phenoxy) is 3. The molecule has 0 aliphatic rings. The van der Waals surface area contributed by atoms with Crippen LogP contribution in [-0.2, 0) is 11.2 Å². The third-order valence-corrected chi connectivity index (χ3v) is 6.51. The summed E-state index contributed by atoms with van der Waals surface area (Å²) in [6.45, 7) is 6.60. The van der Waals surface area contributed by atoms with Crippen LogP contribution in [0.2, 0.25) is 0 Å². The second-order valence-corrected chi connectivity index (χ2v) is 9.78. The van der Waals surface area contributed by atoms with E-state index in [1.165, 1.54) is 17.9 Å². The van der Waals surface area contributed by atoms with Crippen molar-refractivity contribution in [3.8, 4) is 23.0 Å². The number of halogens is 1. The Bertz CT molecular complexity index is 1460. The van der Waals surface area contributed by atoms with Gasteiger partial charge in [0.25, 0.3) is 0 Å². The van der Waals surface area contributed by atoms with Crippen LogP contribution < -0.4 is 19.6 Å². The van der Waals surface area contributed by atoms with E-state index in [9.17, 15) is 9.59 Å². The van der Waals surface area contributed by atoms with Crippen molar-refractivity contribution in [1.29, 1.82) is 0 Å². The first-order valence-electron chi connectivity index (χ1n) is 12.3. The van der Waals surface area contributed by atoms with E-state index in [1.54, 1.807) is 12.1 Å². The van der Waals surface area contributed by atoms with Gasteiger partial charge in [0.15, 0.2) is 0 Å². The summed E-state index contributed by atoms with van der Waals surface area (Å²) in [5, 5.41) is 0.340. The first-order valence-corrected chi connectivity index (χ1v) is 13.1. The van der Waals surface area contributed by atoms with E-state index in [-0.39, 0.29) is 23.5 Å². The number of fused-ring (bicyclic) bond motifs is 1. The maximum absolute atomic E-state index is 13.0. The number of para-hydroxylation sites is 1. The van der Waals surface area contributed by atoms with E-state index in [0.29, 0.717) is 35.5 Å². The Morgan fingerprint density at radius 1 is 1.00 bits per heavy atom. The number of aryl methyl sites for hydroxylation is 1. The van der Waals surface area contributed by atoms with E-state index in [2.05, 4.69) is 36.7 Å². The lowest BCUT2D eigenvalue weighted by Gasteiger charge is -2.13. The molecule has 0 bridgehead atoms. The molecule has 0 saturated carbocycles. The molecule has 0 amide bonds. The van der Waals surface area contributed by atoms with Gasteiger partial charge >= 0.3 is 5.97 Å². The fraction of sp³-hybridized carbons (Fsp3) is 0.267. The SMILES string of the molecule is CCc1ccc(OCCCC(=O)Oc2ccc3c(=O)c(Oc4ccccc4C(C)C)coc3c2)c(Br)c1. The van der Waals surface area contributed by atoms with Crippen molar-refractivity contribution in [2.75, 3.05) is 6.61 Å². The highest BCUT2D eigenvalue weighted by atomic mass is 79.9. The minimum absolute atomic E-state index is 0.0984. The molecule has 7 heteroatoms. The summed E-state index contributed by atoms with van der Waals surface area (Å²) in [5.41, 5.74) is 2.22. The molecule has 1 aromatic heterocycles. The van der Waals surface area contributed by atoms with Crippen LogP contribution in [0.25, 0.3) is 11.0 Å². The third kappa shape index (κ3) is 6.60. The molecule has 6 nitrogen and oxygen atoms in total. The smallest absolute Gasteiger partial charge is 0.311 e. The predicted molar refractivity (Wildman–Crippen MR) is 147 cm³/mol. The lowest BCUT2D eigenvalue weighted by atomic mass is 10.0. The van der Waals surface area contributed by atoms with Crippen LogP contribution in [-0.4, -0.2) is 12.6 Å². The first-order chi connectivity index (χ1) is 17.9. The summed E-state index contributed by atoms with van der Waals surface area (Å²) in [6, 6.07) is 18.2. The molecule has 0 N–H and O–H groups in total. The van der Waals surface area contributed by atoms with Crippen molar-refractivity contribution in [3.63, 3.8) is 0 Å². The van der Waals surface area contributed by atoms with Gasteiger partial charge in [0.1, 0.15) is 29.1 Å². The molecule has 0 radical (unpaired) electrons. The van der Waals surface area contributed by atoms with Gasteiger partial charge in [-0.15, -0.1) is 0 Å². The fourth-order valence-electron chi connectivity index (χ4n) is 3.86. The summed E-state index contributed by atoms with van der Waals surface area (Å²) >= 11 is 3.51. The zero-order valence-corrected chi connectivity index (χ0v) is 22.7. The van der Waals surface area contributed by atoms with Crippen LogP contribution in [0, 0.1) is 0 Å². The summed E-state index contributed by atoms with van der Waals surface area (Å²) in [5.74, 6) is 1.60. The number of hydrogen-bond donors (Lipinski definition) is 0. The number of rotatable bonds is 10. The maximum Gasteiger partial charge on any atom is 0.311 e. The zero-order chi connectivity index (χ0) is 26.4. The topological polar surface area (TPSA) is 75.0 Å². The van der Waals surface area contributed by atoms with Crippen molar-refractivity contribution in [3.05, 3.63) is 92.7 Å². The second-order valence-electron chi connectivity index (χ2n) is 8.93. The number of esters is 1. The van der Waals surface area contributed by atoms with Gasteiger partial charge in [-0.25, -0.2) is 0 Å². The summed E-state index contributed by atoms with van der Waals surface area (Å²) in [7, 11) is 0.